The van der Waals surface area contributed by atoms with Gasteiger partial charge in [0.1, 0.15) is 5.82 Å². The van der Waals surface area contributed by atoms with Gasteiger partial charge in [-0.2, -0.15) is 0 Å². The van der Waals surface area contributed by atoms with Crippen molar-refractivity contribution in [2.75, 3.05) is 13.7 Å². The van der Waals surface area contributed by atoms with Crippen molar-refractivity contribution >= 4 is 0 Å². The highest BCUT2D eigenvalue weighted by Crippen LogP contribution is 2.22. The molecule has 1 heterocycles. The minimum absolute atomic E-state index is 0.139. The van der Waals surface area contributed by atoms with E-state index < -0.39 is 0 Å². The fourth-order valence-electron chi connectivity index (χ4n) is 1.98. The number of aryl methyl sites for hydroxylation is 1. The highest BCUT2D eigenvalue weighted by atomic mass is 16.5. The van der Waals surface area contributed by atoms with Crippen molar-refractivity contribution in [1.29, 1.82) is 0 Å². The van der Waals surface area contributed by atoms with Crippen LogP contribution in [0.5, 0.6) is 0 Å². The van der Waals surface area contributed by atoms with Crippen molar-refractivity contribution < 1.29 is 4.74 Å². The summed E-state index contributed by atoms with van der Waals surface area (Å²) in [6, 6.07) is 0.139. The summed E-state index contributed by atoms with van der Waals surface area (Å²) >= 11 is 0. The van der Waals surface area contributed by atoms with Crippen LogP contribution < -0.4 is 5.32 Å². The summed E-state index contributed by atoms with van der Waals surface area (Å²) in [7, 11) is 3.96. The Labute approximate surface area is 98.0 Å². The molecular formula is C12H23N3O. The molecule has 0 aliphatic heterocycles. The van der Waals surface area contributed by atoms with Crippen molar-refractivity contribution in [3.63, 3.8) is 0 Å². The molecule has 0 saturated carbocycles. The second-order valence-corrected chi connectivity index (χ2v) is 4.33. The summed E-state index contributed by atoms with van der Waals surface area (Å²) in [5.41, 5.74) is 0. The smallest absolute Gasteiger partial charge is 0.128 e. The highest BCUT2D eigenvalue weighted by molar-refractivity contribution is 5.02. The molecule has 2 atom stereocenters. The maximum absolute atomic E-state index is 5.82. The quantitative estimate of drug-likeness (QED) is 0.801. The number of nitrogens with one attached hydrogen (secondary N) is 1. The number of rotatable bonds is 6. The van der Waals surface area contributed by atoms with Crippen molar-refractivity contribution in [2.45, 2.75) is 32.9 Å². The number of hydrogen-bond acceptors (Lipinski definition) is 3. The van der Waals surface area contributed by atoms with E-state index in [1.165, 1.54) is 0 Å². The first-order valence-corrected chi connectivity index (χ1v) is 5.87. The predicted octanol–water partition coefficient (Wildman–Crippen LogP) is 1.74. The summed E-state index contributed by atoms with van der Waals surface area (Å²) in [5, 5.41) is 3.30. The van der Waals surface area contributed by atoms with Crippen molar-refractivity contribution in [3.8, 4) is 0 Å². The number of imidazole rings is 1. The lowest BCUT2D eigenvalue weighted by molar-refractivity contribution is 0.00195. The third kappa shape index (κ3) is 2.83. The topological polar surface area (TPSA) is 39.1 Å². The second-order valence-electron chi connectivity index (χ2n) is 4.33. The maximum atomic E-state index is 5.82. The van der Waals surface area contributed by atoms with Crippen molar-refractivity contribution in [3.05, 3.63) is 18.2 Å². The molecule has 16 heavy (non-hydrogen) atoms. The first-order valence-electron chi connectivity index (χ1n) is 5.87. The number of aromatic nitrogens is 2. The van der Waals surface area contributed by atoms with Gasteiger partial charge < -0.3 is 14.6 Å². The second kappa shape index (κ2) is 6.01. The summed E-state index contributed by atoms with van der Waals surface area (Å²) in [6.45, 7) is 7.10. The minimum atomic E-state index is 0.139. The standard InChI is InChI=1S/C12H23N3O/c1-6-16-11(9(2)3)10(13-4)12-14-7-8-15(12)5/h7-11,13H,6H2,1-5H3. The van der Waals surface area contributed by atoms with E-state index in [0.29, 0.717) is 5.92 Å². The van der Waals surface area contributed by atoms with Crippen LogP contribution in [-0.4, -0.2) is 29.3 Å². The molecule has 1 N–H and O–H groups in total. The lowest BCUT2D eigenvalue weighted by atomic mass is 9.99. The zero-order chi connectivity index (χ0) is 12.1. The summed E-state index contributed by atoms with van der Waals surface area (Å²) in [4.78, 5) is 4.39. The van der Waals surface area contributed by atoms with Crippen LogP contribution in [0, 0.1) is 5.92 Å². The number of likely N-dealkylation sites (N-methyl/N-ethyl adjacent to an activating group) is 1. The van der Waals surface area contributed by atoms with E-state index in [1.54, 1.807) is 0 Å². The van der Waals surface area contributed by atoms with Gasteiger partial charge in [0.25, 0.3) is 0 Å². The molecule has 0 amide bonds. The van der Waals surface area contributed by atoms with E-state index in [4.69, 9.17) is 4.74 Å². The molecular weight excluding hydrogens is 202 g/mol. The van der Waals surface area contributed by atoms with E-state index in [1.807, 2.05) is 38.0 Å². The molecule has 0 aromatic carbocycles. The van der Waals surface area contributed by atoms with Crippen molar-refractivity contribution in [1.82, 2.24) is 14.9 Å². The van der Waals surface area contributed by atoms with Gasteiger partial charge in [0.05, 0.1) is 12.1 Å². The Morgan fingerprint density at radius 1 is 1.50 bits per heavy atom. The number of hydrogen-bond donors (Lipinski definition) is 1. The molecule has 0 radical (unpaired) electrons. The Hall–Kier alpha value is -0.870. The Bertz CT molecular complexity index is 309. The van der Waals surface area contributed by atoms with Crippen LogP contribution in [0.4, 0.5) is 0 Å². The monoisotopic (exact) mass is 225 g/mol. The van der Waals surface area contributed by atoms with Crippen LogP contribution in [0.25, 0.3) is 0 Å². The van der Waals surface area contributed by atoms with E-state index in [9.17, 15) is 0 Å². The normalized spacial score (nSPS) is 15.4. The maximum Gasteiger partial charge on any atom is 0.128 e. The zero-order valence-electron chi connectivity index (χ0n) is 10.9. The van der Waals surface area contributed by atoms with Crippen LogP contribution in [0.15, 0.2) is 12.4 Å². The molecule has 0 aliphatic carbocycles. The molecule has 2 unspecified atom stereocenters. The fraction of sp³-hybridized carbons (Fsp3) is 0.750. The Morgan fingerprint density at radius 2 is 2.19 bits per heavy atom. The van der Waals surface area contributed by atoms with Crippen LogP contribution in [-0.2, 0) is 11.8 Å². The molecule has 4 heteroatoms. The molecule has 0 bridgehead atoms. The molecule has 1 aromatic rings. The first-order chi connectivity index (χ1) is 7.61. The molecule has 4 nitrogen and oxygen atoms in total. The summed E-state index contributed by atoms with van der Waals surface area (Å²) in [5.74, 6) is 1.48. The fourth-order valence-corrected chi connectivity index (χ4v) is 1.98. The predicted molar refractivity (Wildman–Crippen MR) is 65.3 cm³/mol. The Morgan fingerprint density at radius 3 is 2.56 bits per heavy atom. The van der Waals surface area contributed by atoms with E-state index in [0.717, 1.165) is 12.4 Å². The average molecular weight is 225 g/mol. The van der Waals surface area contributed by atoms with Gasteiger partial charge in [-0.05, 0) is 19.9 Å². The summed E-state index contributed by atoms with van der Waals surface area (Å²) < 4.78 is 7.86. The third-order valence-electron chi connectivity index (χ3n) is 2.79. The van der Waals surface area contributed by atoms with Gasteiger partial charge >= 0.3 is 0 Å². The van der Waals surface area contributed by atoms with Gasteiger partial charge in [0, 0.05) is 26.0 Å². The Balaban J connectivity index is 2.90. The van der Waals surface area contributed by atoms with E-state index in [-0.39, 0.29) is 12.1 Å². The molecule has 1 rings (SSSR count). The first kappa shape index (κ1) is 13.2. The van der Waals surface area contributed by atoms with Crippen LogP contribution in [0.1, 0.15) is 32.6 Å². The van der Waals surface area contributed by atoms with Gasteiger partial charge in [-0.3, -0.25) is 0 Å². The number of nitrogens with zero attached hydrogens (tertiary/aromatic N) is 2. The molecule has 92 valence electrons. The van der Waals surface area contributed by atoms with Crippen molar-refractivity contribution in [2.24, 2.45) is 13.0 Å². The van der Waals surface area contributed by atoms with Gasteiger partial charge in [0.2, 0.25) is 0 Å². The third-order valence-corrected chi connectivity index (χ3v) is 2.79. The molecule has 0 saturated heterocycles. The van der Waals surface area contributed by atoms with Crippen LogP contribution >= 0.6 is 0 Å². The van der Waals surface area contributed by atoms with Gasteiger partial charge in [-0.15, -0.1) is 0 Å². The van der Waals surface area contributed by atoms with E-state index in [2.05, 4.69) is 24.1 Å². The van der Waals surface area contributed by atoms with Crippen LogP contribution in [0.2, 0.25) is 0 Å². The number of ether oxygens (including phenoxy) is 1. The highest BCUT2D eigenvalue weighted by Gasteiger charge is 2.27. The molecule has 0 aliphatic rings. The largest absolute Gasteiger partial charge is 0.376 e. The van der Waals surface area contributed by atoms with E-state index >= 15 is 0 Å². The zero-order valence-corrected chi connectivity index (χ0v) is 10.9. The van der Waals surface area contributed by atoms with Gasteiger partial charge in [0.15, 0.2) is 0 Å². The average Bonchev–Trinajstić information content (AvgIpc) is 2.65. The lowest BCUT2D eigenvalue weighted by Crippen LogP contribution is -2.37. The summed E-state index contributed by atoms with van der Waals surface area (Å²) in [6.07, 6.45) is 3.93. The molecule has 0 spiro atoms. The molecule has 0 fully saturated rings. The lowest BCUT2D eigenvalue weighted by Gasteiger charge is -2.29. The Kier molecular flexibility index (Phi) is 4.96. The van der Waals surface area contributed by atoms with Gasteiger partial charge in [-0.1, -0.05) is 13.8 Å². The minimum Gasteiger partial charge on any atom is -0.376 e. The van der Waals surface area contributed by atoms with Crippen LogP contribution in [0.3, 0.4) is 0 Å². The van der Waals surface area contributed by atoms with Gasteiger partial charge in [-0.25, -0.2) is 4.98 Å². The molecule has 1 aromatic heterocycles. The SMILES string of the molecule is CCOC(C(C)C)C(NC)c1nccn1C.